The summed E-state index contributed by atoms with van der Waals surface area (Å²) in [6, 6.07) is 5.80. The lowest BCUT2D eigenvalue weighted by Gasteiger charge is -2.26. The van der Waals surface area contributed by atoms with Crippen LogP contribution in [0.15, 0.2) is 18.3 Å². The Morgan fingerprint density at radius 2 is 2.29 bits per heavy atom. The summed E-state index contributed by atoms with van der Waals surface area (Å²) in [5, 5.41) is 27.4. The highest BCUT2D eigenvalue weighted by Crippen LogP contribution is 2.42. The first-order chi connectivity index (χ1) is 15.0. The molecule has 0 saturated carbocycles. The number of primary amides is 1. The maximum Gasteiger partial charge on any atom is 0.530 e. The molecule has 3 heterocycles. The second kappa shape index (κ2) is 8.61. The number of carbonyl (C=O) groups excluding carboxylic acids is 1. The monoisotopic (exact) mass is 423 g/mol. The van der Waals surface area contributed by atoms with E-state index in [1.807, 2.05) is 19.9 Å². The van der Waals surface area contributed by atoms with Gasteiger partial charge in [-0.25, -0.2) is 0 Å². The van der Waals surface area contributed by atoms with Crippen molar-refractivity contribution in [1.82, 2.24) is 9.78 Å². The predicted molar refractivity (Wildman–Crippen MR) is 115 cm³/mol. The van der Waals surface area contributed by atoms with Crippen LogP contribution >= 0.6 is 0 Å². The average Bonchev–Trinajstić information content (AvgIpc) is 3.33. The Bertz CT molecular complexity index is 1030. The van der Waals surface area contributed by atoms with Crippen LogP contribution in [0.3, 0.4) is 0 Å². The number of ether oxygens (including phenoxy) is 1. The normalized spacial score (nSPS) is 22.5. The van der Waals surface area contributed by atoms with Crippen molar-refractivity contribution in [3.63, 3.8) is 0 Å². The number of hydrogen-bond donors (Lipinski definition) is 3. The third kappa shape index (κ3) is 3.87. The van der Waals surface area contributed by atoms with Gasteiger partial charge in [0.15, 0.2) is 5.82 Å². The summed E-state index contributed by atoms with van der Waals surface area (Å²) in [6.07, 6.45) is 3.72. The zero-order valence-electron chi connectivity index (χ0n) is 17.7. The first kappa shape index (κ1) is 21.2. The molecular formula is C21H26BN5O4. The number of benzene rings is 1. The number of nitrogens with zero attached hydrogens (tertiary/aromatic N) is 3. The Morgan fingerprint density at radius 3 is 2.97 bits per heavy atom. The van der Waals surface area contributed by atoms with Crippen molar-refractivity contribution in [2.45, 2.75) is 45.0 Å². The minimum Gasteiger partial charge on any atom is -0.535 e. The molecule has 1 unspecified atom stereocenters. The molecule has 2 aliphatic rings. The first-order valence-electron chi connectivity index (χ1n) is 10.6. The molecule has 31 heavy (non-hydrogen) atoms. The van der Waals surface area contributed by atoms with Crippen LogP contribution in [0.4, 0.5) is 11.5 Å². The van der Waals surface area contributed by atoms with Crippen molar-refractivity contribution in [1.29, 1.82) is 5.26 Å². The smallest absolute Gasteiger partial charge is 0.530 e. The molecule has 1 aromatic heterocycles. The van der Waals surface area contributed by atoms with Crippen molar-refractivity contribution in [3.05, 3.63) is 35.0 Å². The molecule has 4 rings (SSSR count). The van der Waals surface area contributed by atoms with Gasteiger partial charge in [0.05, 0.1) is 24.6 Å². The Morgan fingerprint density at radius 1 is 1.48 bits per heavy atom. The van der Waals surface area contributed by atoms with Crippen LogP contribution in [0.1, 0.15) is 60.0 Å². The Labute approximate surface area is 181 Å². The predicted octanol–water partition coefficient (Wildman–Crippen LogP) is 2.29. The van der Waals surface area contributed by atoms with Gasteiger partial charge in [0.1, 0.15) is 11.3 Å². The van der Waals surface area contributed by atoms with Gasteiger partial charge in [-0.1, -0.05) is 13.8 Å². The lowest BCUT2D eigenvalue weighted by molar-refractivity contribution is 0.0342. The molecule has 1 amide bonds. The van der Waals surface area contributed by atoms with E-state index in [-0.39, 0.29) is 23.3 Å². The van der Waals surface area contributed by atoms with Crippen LogP contribution in [-0.4, -0.2) is 41.0 Å². The van der Waals surface area contributed by atoms with Crippen molar-refractivity contribution in [3.8, 4) is 11.8 Å². The van der Waals surface area contributed by atoms with Gasteiger partial charge in [-0.3, -0.25) is 9.48 Å². The summed E-state index contributed by atoms with van der Waals surface area (Å²) in [7, 11) is -0.866. The number of hydrogen-bond acceptors (Lipinski definition) is 7. The number of carbonyl (C=O) groups is 1. The summed E-state index contributed by atoms with van der Waals surface area (Å²) in [4.78, 5) is 12.1. The van der Waals surface area contributed by atoms with E-state index in [2.05, 4.69) is 16.5 Å². The van der Waals surface area contributed by atoms with E-state index in [0.717, 1.165) is 24.0 Å². The highest BCUT2D eigenvalue weighted by atomic mass is 16.5. The van der Waals surface area contributed by atoms with Crippen LogP contribution < -0.4 is 15.7 Å². The van der Waals surface area contributed by atoms with Crippen LogP contribution in [-0.2, 0) is 11.2 Å². The van der Waals surface area contributed by atoms with Gasteiger partial charge in [-0.15, -0.1) is 0 Å². The standard InChI is InChI=1S/C21H26BN5O4/c1-3-12-7-14(8-18-19(12)16(4-2)22(29)31-18)25-21-15(20(24)28)10-27(26-21)17-11-30-6-5-13(17)9-23/h7-8,10,13,16-17,29H,3-6,11H2,1-2H3,(H2,24,28)(H,25,26)/t13-,16?,17+/m0/s1. The highest BCUT2D eigenvalue weighted by molar-refractivity contribution is 6.47. The van der Waals surface area contributed by atoms with Crippen LogP contribution in [0, 0.1) is 17.2 Å². The Hall–Kier alpha value is -3.03. The fourth-order valence-corrected chi connectivity index (χ4v) is 4.43. The van der Waals surface area contributed by atoms with E-state index in [0.29, 0.717) is 36.9 Å². The summed E-state index contributed by atoms with van der Waals surface area (Å²) in [5.41, 5.74) is 8.60. The number of amides is 1. The minimum atomic E-state index is -0.866. The van der Waals surface area contributed by atoms with Gasteiger partial charge in [-0.05, 0) is 36.5 Å². The second-order valence-electron chi connectivity index (χ2n) is 7.95. The number of anilines is 2. The van der Waals surface area contributed by atoms with Gasteiger partial charge in [0.25, 0.3) is 5.91 Å². The maximum absolute atomic E-state index is 12.1. The summed E-state index contributed by atoms with van der Waals surface area (Å²) >= 11 is 0. The van der Waals surface area contributed by atoms with Crippen molar-refractivity contribution < 1.29 is 19.2 Å². The number of aromatic nitrogens is 2. The fourth-order valence-electron chi connectivity index (χ4n) is 4.43. The van der Waals surface area contributed by atoms with E-state index in [9.17, 15) is 15.1 Å². The van der Waals surface area contributed by atoms with Crippen LogP contribution in [0.2, 0.25) is 0 Å². The van der Waals surface area contributed by atoms with E-state index in [1.54, 1.807) is 16.9 Å². The number of nitrogens with one attached hydrogen (secondary N) is 1. The van der Waals surface area contributed by atoms with Gasteiger partial charge >= 0.3 is 7.12 Å². The largest absolute Gasteiger partial charge is 0.535 e. The van der Waals surface area contributed by atoms with E-state index in [1.165, 1.54) is 0 Å². The molecule has 9 nitrogen and oxygen atoms in total. The highest BCUT2D eigenvalue weighted by Gasteiger charge is 2.39. The molecular weight excluding hydrogens is 397 g/mol. The van der Waals surface area contributed by atoms with E-state index < -0.39 is 13.0 Å². The molecule has 2 aliphatic heterocycles. The number of fused-ring (bicyclic) bond motifs is 1. The Kier molecular flexibility index (Phi) is 5.89. The summed E-state index contributed by atoms with van der Waals surface area (Å²) < 4.78 is 12.8. The molecule has 0 radical (unpaired) electrons. The fraction of sp³-hybridized carbons (Fsp3) is 0.476. The molecule has 0 aliphatic carbocycles. The molecule has 1 fully saturated rings. The quantitative estimate of drug-likeness (QED) is 0.607. The second-order valence-corrected chi connectivity index (χ2v) is 7.95. The van der Waals surface area contributed by atoms with Crippen molar-refractivity contribution in [2.75, 3.05) is 18.5 Å². The molecule has 2 aromatic rings. The molecule has 162 valence electrons. The lowest BCUT2D eigenvalue weighted by Crippen LogP contribution is -2.29. The summed E-state index contributed by atoms with van der Waals surface area (Å²) in [6.45, 7) is 4.95. The molecule has 10 heteroatoms. The number of rotatable bonds is 6. The van der Waals surface area contributed by atoms with Crippen LogP contribution in [0.5, 0.6) is 5.75 Å². The van der Waals surface area contributed by atoms with Gasteiger partial charge in [0, 0.05) is 30.4 Å². The van der Waals surface area contributed by atoms with Crippen LogP contribution in [0.25, 0.3) is 0 Å². The first-order valence-corrected chi connectivity index (χ1v) is 10.6. The molecule has 1 saturated heterocycles. The summed E-state index contributed by atoms with van der Waals surface area (Å²) in [5.74, 6) is 0.00537. The number of aryl methyl sites for hydroxylation is 1. The minimum absolute atomic E-state index is 0.0615. The third-order valence-electron chi connectivity index (χ3n) is 6.10. The zero-order valence-corrected chi connectivity index (χ0v) is 17.7. The SMILES string of the molecule is CCc1cc(Nc2nn([C@@H]3COCC[C@H]3C#N)cc2C(N)=O)cc2c1C(CC)B(O)O2. The maximum atomic E-state index is 12.1. The zero-order chi connectivity index (χ0) is 22.1. The van der Waals surface area contributed by atoms with Gasteiger partial charge < -0.3 is 25.5 Å². The van der Waals surface area contributed by atoms with Gasteiger partial charge in [0.2, 0.25) is 0 Å². The topological polar surface area (TPSA) is 135 Å². The molecule has 1 aromatic carbocycles. The van der Waals surface area contributed by atoms with E-state index in [4.69, 9.17) is 15.1 Å². The van der Waals surface area contributed by atoms with E-state index >= 15 is 0 Å². The molecule has 3 atom stereocenters. The Balaban J connectivity index is 1.68. The number of nitrogens with two attached hydrogens (primary N) is 1. The molecule has 0 bridgehead atoms. The van der Waals surface area contributed by atoms with Gasteiger partial charge in [-0.2, -0.15) is 10.4 Å². The average molecular weight is 423 g/mol. The molecule has 0 spiro atoms. The third-order valence-corrected chi connectivity index (χ3v) is 6.10. The lowest BCUT2D eigenvalue weighted by atomic mass is 9.68. The molecule has 4 N–H and O–H groups in total. The van der Waals surface area contributed by atoms with Crippen molar-refractivity contribution >= 4 is 24.5 Å². The van der Waals surface area contributed by atoms with Crippen molar-refractivity contribution in [2.24, 2.45) is 11.7 Å². The number of nitriles is 1.